The number of nitriles is 1. The Kier molecular flexibility index (Phi) is 3.91. The van der Waals surface area contributed by atoms with Gasteiger partial charge in [0.25, 0.3) is 0 Å². The molecule has 0 aliphatic rings. The molecule has 0 aromatic heterocycles. The van der Waals surface area contributed by atoms with Gasteiger partial charge in [0.2, 0.25) is 0 Å². The van der Waals surface area contributed by atoms with E-state index in [1.807, 2.05) is 0 Å². The minimum absolute atomic E-state index is 0.0106. The number of rotatable bonds is 4. The quantitative estimate of drug-likeness (QED) is 0.613. The number of hydrogen-bond donors (Lipinski definition) is 4. The summed E-state index contributed by atoms with van der Waals surface area (Å²) < 4.78 is 0. The van der Waals surface area contributed by atoms with E-state index >= 15 is 0 Å². The van der Waals surface area contributed by atoms with Crippen LogP contribution in [0.15, 0.2) is 12.1 Å². The summed E-state index contributed by atoms with van der Waals surface area (Å²) in [5.41, 5.74) is 5.94. The van der Waals surface area contributed by atoms with Crippen LogP contribution in [0.4, 0.5) is 0 Å². The molecular formula is C11H12N2O4. The van der Waals surface area contributed by atoms with E-state index in [1.54, 1.807) is 6.07 Å². The normalized spacial score (nSPS) is 11.8. The number of benzene rings is 1. The van der Waals surface area contributed by atoms with Crippen LogP contribution in [0.1, 0.15) is 30.0 Å². The topological polar surface area (TPSA) is 128 Å². The minimum Gasteiger partial charge on any atom is -0.507 e. The van der Waals surface area contributed by atoms with Gasteiger partial charge in [-0.05, 0) is 12.5 Å². The van der Waals surface area contributed by atoms with E-state index < -0.39 is 12.0 Å². The summed E-state index contributed by atoms with van der Waals surface area (Å²) in [6, 6.07) is 3.34. The molecule has 0 spiro atoms. The molecule has 90 valence electrons. The SMILES string of the molecule is N#Cc1cc(C(N)CCC(=O)O)c(O)cc1O. The van der Waals surface area contributed by atoms with Gasteiger partial charge in [-0.25, -0.2) is 0 Å². The number of carboxylic acids is 1. The van der Waals surface area contributed by atoms with Crippen molar-refractivity contribution in [2.24, 2.45) is 5.73 Å². The zero-order valence-electron chi connectivity index (χ0n) is 8.92. The number of nitrogens with zero attached hydrogens (tertiary/aromatic N) is 1. The fourth-order valence-corrected chi connectivity index (χ4v) is 1.41. The van der Waals surface area contributed by atoms with Gasteiger partial charge in [-0.15, -0.1) is 0 Å². The molecule has 1 rings (SSSR count). The Labute approximate surface area is 97.5 Å². The van der Waals surface area contributed by atoms with Gasteiger partial charge in [0.05, 0.1) is 5.56 Å². The van der Waals surface area contributed by atoms with Crippen molar-refractivity contribution in [2.75, 3.05) is 0 Å². The van der Waals surface area contributed by atoms with Crippen LogP contribution in [0.5, 0.6) is 11.5 Å². The van der Waals surface area contributed by atoms with Gasteiger partial charge in [0, 0.05) is 24.1 Å². The lowest BCUT2D eigenvalue weighted by Crippen LogP contribution is -2.12. The second-order valence-electron chi connectivity index (χ2n) is 3.58. The van der Waals surface area contributed by atoms with Crippen molar-refractivity contribution in [3.8, 4) is 17.6 Å². The minimum atomic E-state index is -0.987. The number of phenolic OH excluding ortho intramolecular Hbond substituents is 2. The Bertz CT molecular complexity index is 479. The lowest BCUT2D eigenvalue weighted by molar-refractivity contribution is -0.137. The second kappa shape index (κ2) is 5.18. The standard InChI is InChI=1S/C11H12N2O4/c12-5-6-3-7(10(15)4-9(6)14)8(13)1-2-11(16)17/h3-4,8,14-15H,1-2,13H2,(H,16,17). The fraction of sp³-hybridized carbons (Fsp3) is 0.273. The Morgan fingerprint density at radius 3 is 2.59 bits per heavy atom. The van der Waals surface area contributed by atoms with E-state index in [4.69, 9.17) is 16.1 Å². The van der Waals surface area contributed by atoms with Crippen LogP contribution in [0.3, 0.4) is 0 Å². The van der Waals surface area contributed by atoms with Gasteiger partial charge in [-0.2, -0.15) is 5.26 Å². The number of phenols is 2. The van der Waals surface area contributed by atoms with Gasteiger partial charge in [-0.1, -0.05) is 0 Å². The molecule has 1 unspecified atom stereocenters. The molecule has 1 atom stereocenters. The molecule has 1 aromatic carbocycles. The highest BCUT2D eigenvalue weighted by Gasteiger charge is 2.15. The van der Waals surface area contributed by atoms with E-state index in [2.05, 4.69) is 0 Å². The number of carboxylic acid groups (broad SMARTS) is 1. The third-order valence-corrected chi connectivity index (χ3v) is 2.33. The zero-order chi connectivity index (χ0) is 13.0. The molecule has 0 bridgehead atoms. The summed E-state index contributed by atoms with van der Waals surface area (Å²) in [5, 5.41) is 36.1. The predicted molar refractivity (Wildman–Crippen MR) is 58.3 cm³/mol. The molecule has 0 aliphatic heterocycles. The van der Waals surface area contributed by atoms with Crippen molar-refractivity contribution >= 4 is 5.97 Å². The van der Waals surface area contributed by atoms with Crippen LogP contribution in [0, 0.1) is 11.3 Å². The number of nitrogens with two attached hydrogens (primary N) is 1. The largest absolute Gasteiger partial charge is 0.507 e. The molecule has 1 aromatic rings. The van der Waals surface area contributed by atoms with Crippen LogP contribution in [0.25, 0.3) is 0 Å². The van der Waals surface area contributed by atoms with E-state index in [0.717, 1.165) is 6.07 Å². The third-order valence-electron chi connectivity index (χ3n) is 2.33. The molecule has 0 aliphatic carbocycles. The lowest BCUT2D eigenvalue weighted by atomic mass is 9.99. The molecule has 5 N–H and O–H groups in total. The average Bonchev–Trinajstić information content (AvgIpc) is 2.26. The molecule has 0 amide bonds. The summed E-state index contributed by atoms with van der Waals surface area (Å²) in [5.74, 6) is -1.57. The summed E-state index contributed by atoms with van der Waals surface area (Å²) in [6.07, 6.45) is 0.00189. The van der Waals surface area contributed by atoms with Gasteiger partial charge in [0.1, 0.15) is 17.6 Å². The number of carbonyl (C=O) groups is 1. The van der Waals surface area contributed by atoms with Crippen LogP contribution < -0.4 is 5.73 Å². The van der Waals surface area contributed by atoms with E-state index in [9.17, 15) is 15.0 Å². The maximum Gasteiger partial charge on any atom is 0.303 e. The summed E-state index contributed by atoms with van der Waals surface area (Å²) >= 11 is 0. The number of hydrogen-bond acceptors (Lipinski definition) is 5. The van der Waals surface area contributed by atoms with Crippen LogP contribution in [-0.4, -0.2) is 21.3 Å². The Hall–Kier alpha value is -2.26. The molecule has 0 heterocycles. The van der Waals surface area contributed by atoms with E-state index in [1.165, 1.54) is 6.07 Å². The van der Waals surface area contributed by atoms with E-state index in [-0.39, 0.29) is 35.5 Å². The van der Waals surface area contributed by atoms with Crippen molar-refractivity contribution in [3.63, 3.8) is 0 Å². The summed E-state index contributed by atoms with van der Waals surface area (Å²) in [4.78, 5) is 10.4. The van der Waals surface area contributed by atoms with Crippen molar-refractivity contribution in [3.05, 3.63) is 23.3 Å². The molecule has 6 heteroatoms. The molecule has 0 fully saturated rings. The first-order chi connectivity index (χ1) is 7.95. The fourth-order valence-electron chi connectivity index (χ4n) is 1.41. The van der Waals surface area contributed by atoms with Crippen molar-refractivity contribution in [2.45, 2.75) is 18.9 Å². The van der Waals surface area contributed by atoms with Gasteiger partial charge in [-0.3, -0.25) is 4.79 Å². The monoisotopic (exact) mass is 236 g/mol. The van der Waals surface area contributed by atoms with E-state index in [0.29, 0.717) is 0 Å². The molecule has 0 saturated carbocycles. The molecule has 6 nitrogen and oxygen atoms in total. The first kappa shape index (κ1) is 12.8. The smallest absolute Gasteiger partial charge is 0.303 e. The summed E-state index contributed by atoms with van der Waals surface area (Å²) in [6.45, 7) is 0. The highest BCUT2D eigenvalue weighted by Crippen LogP contribution is 2.31. The average molecular weight is 236 g/mol. The first-order valence-electron chi connectivity index (χ1n) is 4.89. The number of aromatic hydroxyl groups is 2. The number of aliphatic carboxylic acids is 1. The molecule has 17 heavy (non-hydrogen) atoms. The van der Waals surface area contributed by atoms with Crippen molar-refractivity contribution < 1.29 is 20.1 Å². The Morgan fingerprint density at radius 2 is 2.06 bits per heavy atom. The molecular weight excluding hydrogens is 224 g/mol. The third kappa shape index (κ3) is 3.09. The second-order valence-corrected chi connectivity index (χ2v) is 3.58. The zero-order valence-corrected chi connectivity index (χ0v) is 8.92. The molecule has 0 saturated heterocycles. The predicted octanol–water partition coefficient (Wildman–Crippen LogP) is 0.834. The van der Waals surface area contributed by atoms with Crippen molar-refractivity contribution in [1.29, 1.82) is 5.26 Å². The van der Waals surface area contributed by atoms with Gasteiger partial charge >= 0.3 is 5.97 Å². The van der Waals surface area contributed by atoms with Crippen molar-refractivity contribution in [1.82, 2.24) is 0 Å². The van der Waals surface area contributed by atoms with Gasteiger partial charge in [0.15, 0.2) is 0 Å². The Balaban J connectivity index is 2.97. The Morgan fingerprint density at radius 1 is 1.41 bits per heavy atom. The maximum absolute atomic E-state index is 10.4. The molecule has 0 radical (unpaired) electrons. The maximum atomic E-state index is 10.4. The summed E-state index contributed by atoms with van der Waals surface area (Å²) in [7, 11) is 0. The van der Waals surface area contributed by atoms with Gasteiger partial charge < -0.3 is 21.1 Å². The highest BCUT2D eigenvalue weighted by atomic mass is 16.4. The highest BCUT2D eigenvalue weighted by molar-refractivity contribution is 5.66. The lowest BCUT2D eigenvalue weighted by Gasteiger charge is -2.13. The van der Waals surface area contributed by atoms with Crippen LogP contribution >= 0.6 is 0 Å². The first-order valence-corrected chi connectivity index (χ1v) is 4.89. The van der Waals surface area contributed by atoms with Crippen LogP contribution in [-0.2, 0) is 4.79 Å². The van der Waals surface area contributed by atoms with Crippen LogP contribution in [0.2, 0.25) is 0 Å².